The summed E-state index contributed by atoms with van der Waals surface area (Å²) in [4.78, 5) is 4.20. The Morgan fingerprint density at radius 2 is 2.30 bits per heavy atom. The highest BCUT2D eigenvalue weighted by atomic mass is 32.2. The van der Waals surface area contributed by atoms with E-state index in [9.17, 15) is 8.42 Å². The summed E-state index contributed by atoms with van der Waals surface area (Å²) < 4.78 is 29.1. The van der Waals surface area contributed by atoms with Gasteiger partial charge in [-0.2, -0.15) is 4.31 Å². The molecule has 0 aromatic carbocycles. The first-order valence-corrected chi connectivity index (χ1v) is 8.65. The van der Waals surface area contributed by atoms with Crippen LogP contribution in [0.4, 0.5) is 0 Å². The summed E-state index contributed by atoms with van der Waals surface area (Å²) in [6.07, 6.45) is 3.59. The number of imidazole rings is 1. The Morgan fingerprint density at radius 3 is 3.10 bits per heavy atom. The average Bonchev–Trinajstić information content (AvgIpc) is 3.06. The second-order valence-electron chi connectivity index (χ2n) is 4.68. The number of fused-ring (bicyclic) bond motifs is 1. The van der Waals surface area contributed by atoms with E-state index in [0.717, 1.165) is 11.4 Å². The maximum atomic E-state index is 12.6. The molecule has 0 fully saturated rings. The zero-order valence-electron chi connectivity index (χ0n) is 11.1. The molecule has 0 bridgehead atoms. The molecule has 0 saturated heterocycles. The van der Waals surface area contributed by atoms with Crippen LogP contribution in [0.15, 0.2) is 28.0 Å². The number of sulfonamides is 1. The zero-order chi connectivity index (χ0) is 14.2. The van der Waals surface area contributed by atoms with E-state index in [1.54, 1.807) is 12.3 Å². The monoisotopic (exact) mass is 312 g/mol. The third-order valence-corrected chi connectivity index (χ3v) is 6.62. The van der Waals surface area contributed by atoms with Crippen LogP contribution in [0.25, 0.3) is 0 Å². The summed E-state index contributed by atoms with van der Waals surface area (Å²) in [6.45, 7) is 2.17. The molecule has 20 heavy (non-hydrogen) atoms. The Hall–Kier alpha value is -1.22. The topological polar surface area (TPSA) is 67.2 Å². The summed E-state index contributed by atoms with van der Waals surface area (Å²) in [6, 6.07) is 1.75. The second kappa shape index (κ2) is 5.28. The van der Waals surface area contributed by atoms with E-state index in [4.69, 9.17) is 0 Å². The van der Waals surface area contributed by atoms with Crippen LogP contribution in [0, 0.1) is 0 Å². The van der Waals surface area contributed by atoms with Crippen molar-refractivity contribution in [3.8, 4) is 0 Å². The molecule has 2 aromatic rings. The number of nitrogens with zero attached hydrogens (tertiary/aromatic N) is 3. The molecule has 8 heteroatoms. The number of rotatable bonds is 4. The van der Waals surface area contributed by atoms with E-state index < -0.39 is 10.0 Å². The maximum Gasteiger partial charge on any atom is 0.253 e. The normalized spacial score (nSPS) is 16.2. The molecule has 0 spiro atoms. The van der Waals surface area contributed by atoms with Gasteiger partial charge in [0.05, 0.1) is 6.54 Å². The lowest BCUT2D eigenvalue weighted by atomic mass is 10.3. The van der Waals surface area contributed by atoms with Gasteiger partial charge in [-0.3, -0.25) is 0 Å². The Labute approximate surface area is 122 Å². The highest BCUT2D eigenvalue weighted by Gasteiger charge is 2.29. The van der Waals surface area contributed by atoms with Crippen molar-refractivity contribution in [2.75, 3.05) is 13.6 Å². The molecule has 0 amide bonds. The molecule has 2 aromatic heterocycles. The first kappa shape index (κ1) is 13.7. The van der Waals surface area contributed by atoms with Crippen molar-refractivity contribution in [2.24, 2.45) is 0 Å². The van der Waals surface area contributed by atoms with Crippen LogP contribution in [-0.2, 0) is 29.7 Å². The minimum absolute atomic E-state index is 0.342. The van der Waals surface area contributed by atoms with E-state index >= 15 is 0 Å². The van der Waals surface area contributed by atoms with Crippen LogP contribution < -0.4 is 5.32 Å². The van der Waals surface area contributed by atoms with E-state index in [-0.39, 0.29) is 0 Å². The Kier molecular flexibility index (Phi) is 3.63. The smallest absolute Gasteiger partial charge is 0.253 e. The Bertz CT molecular complexity index is 705. The molecule has 0 saturated carbocycles. The van der Waals surface area contributed by atoms with Crippen molar-refractivity contribution < 1.29 is 8.42 Å². The zero-order valence-corrected chi connectivity index (χ0v) is 12.7. The van der Waals surface area contributed by atoms with Crippen LogP contribution in [0.5, 0.6) is 0 Å². The van der Waals surface area contributed by atoms with Gasteiger partial charge in [0.1, 0.15) is 10.0 Å². The molecule has 3 rings (SSSR count). The molecule has 1 N–H and O–H groups in total. The van der Waals surface area contributed by atoms with Gasteiger partial charge in [0.2, 0.25) is 0 Å². The number of hydrogen-bond donors (Lipinski definition) is 1. The molecule has 0 atom stereocenters. The molecule has 0 radical (unpaired) electrons. The maximum absolute atomic E-state index is 12.6. The number of nitrogens with one attached hydrogen (secondary N) is 1. The average molecular weight is 312 g/mol. The van der Waals surface area contributed by atoms with Gasteiger partial charge >= 0.3 is 0 Å². The van der Waals surface area contributed by atoms with E-state index in [2.05, 4.69) is 10.3 Å². The minimum Gasteiger partial charge on any atom is -0.333 e. The van der Waals surface area contributed by atoms with Crippen molar-refractivity contribution in [2.45, 2.75) is 23.8 Å². The van der Waals surface area contributed by atoms with Crippen molar-refractivity contribution in [3.05, 3.63) is 35.2 Å². The van der Waals surface area contributed by atoms with Crippen molar-refractivity contribution >= 4 is 21.4 Å². The summed E-state index contributed by atoms with van der Waals surface area (Å²) in [5.74, 6) is 0.798. The Morgan fingerprint density at radius 1 is 1.45 bits per heavy atom. The lowest BCUT2D eigenvalue weighted by Gasteiger charge is -2.26. The molecule has 1 aliphatic rings. The van der Waals surface area contributed by atoms with Crippen molar-refractivity contribution in [1.29, 1.82) is 0 Å². The van der Waals surface area contributed by atoms with Crippen LogP contribution in [0.3, 0.4) is 0 Å². The van der Waals surface area contributed by atoms with Gasteiger partial charge in [-0.25, -0.2) is 13.4 Å². The van der Waals surface area contributed by atoms with Gasteiger partial charge in [0.25, 0.3) is 10.0 Å². The largest absolute Gasteiger partial charge is 0.333 e. The summed E-state index contributed by atoms with van der Waals surface area (Å²) in [5.41, 5.74) is 0.995. The molecule has 0 aliphatic carbocycles. The van der Waals surface area contributed by atoms with Crippen LogP contribution in [-0.4, -0.2) is 35.9 Å². The number of thiophene rings is 1. The summed E-state index contributed by atoms with van der Waals surface area (Å²) >= 11 is 1.28. The number of aromatic nitrogens is 2. The summed E-state index contributed by atoms with van der Waals surface area (Å²) in [5, 5.41) is 4.91. The lowest BCUT2D eigenvalue weighted by molar-refractivity contribution is 0.336. The van der Waals surface area contributed by atoms with Gasteiger partial charge in [0.15, 0.2) is 0 Å². The van der Waals surface area contributed by atoms with Crippen LogP contribution >= 0.6 is 11.3 Å². The first-order chi connectivity index (χ1) is 9.61. The van der Waals surface area contributed by atoms with Gasteiger partial charge in [-0.15, -0.1) is 11.3 Å². The molecular formula is C12H16N4O2S2. The third-order valence-electron chi connectivity index (χ3n) is 3.31. The molecule has 3 heterocycles. The first-order valence-electron chi connectivity index (χ1n) is 6.33. The summed E-state index contributed by atoms with van der Waals surface area (Å²) in [7, 11) is -1.57. The highest BCUT2D eigenvalue weighted by Crippen LogP contribution is 2.26. The highest BCUT2D eigenvalue weighted by molar-refractivity contribution is 7.91. The van der Waals surface area contributed by atoms with Crippen molar-refractivity contribution in [3.63, 3.8) is 0 Å². The standard InChI is InChI=1S/C12H16N4O2S2/c1-13-7-10-6-12(19-9-10)20(17,18)16-5-4-15-3-2-14-11(15)8-16/h2-3,6,9,13H,4-5,7-8H2,1H3. The van der Waals surface area contributed by atoms with E-state index in [1.165, 1.54) is 15.6 Å². The van der Waals surface area contributed by atoms with Crippen molar-refractivity contribution in [1.82, 2.24) is 19.2 Å². The second-order valence-corrected chi connectivity index (χ2v) is 7.76. The van der Waals surface area contributed by atoms with E-state index in [1.807, 2.05) is 23.2 Å². The predicted molar refractivity (Wildman–Crippen MR) is 76.9 cm³/mol. The van der Waals surface area contributed by atoms with Gasteiger partial charge in [0, 0.05) is 32.0 Å². The fourth-order valence-electron chi connectivity index (χ4n) is 2.27. The van der Waals surface area contributed by atoms with Gasteiger partial charge in [-0.1, -0.05) is 0 Å². The third kappa shape index (κ3) is 2.39. The molecule has 1 aliphatic heterocycles. The van der Waals surface area contributed by atoms with E-state index in [0.29, 0.717) is 30.4 Å². The number of hydrogen-bond acceptors (Lipinski definition) is 5. The molecule has 6 nitrogen and oxygen atoms in total. The van der Waals surface area contributed by atoms with Gasteiger partial charge in [-0.05, 0) is 24.1 Å². The lowest BCUT2D eigenvalue weighted by Crippen LogP contribution is -2.37. The quantitative estimate of drug-likeness (QED) is 0.909. The van der Waals surface area contributed by atoms with Gasteiger partial charge < -0.3 is 9.88 Å². The fraction of sp³-hybridized carbons (Fsp3) is 0.417. The van der Waals surface area contributed by atoms with Crippen LogP contribution in [0.1, 0.15) is 11.4 Å². The molecule has 108 valence electrons. The predicted octanol–water partition coefficient (Wildman–Crippen LogP) is 0.868. The van der Waals surface area contributed by atoms with Crippen LogP contribution in [0.2, 0.25) is 0 Å². The Balaban J connectivity index is 1.85. The molecular weight excluding hydrogens is 296 g/mol. The SMILES string of the molecule is CNCc1csc(S(=O)(=O)N2CCn3ccnc3C2)c1. The molecule has 0 unspecified atom stereocenters. The minimum atomic E-state index is -3.41. The fourth-order valence-corrected chi connectivity index (χ4v) is 5.02.